The first-order chi connectivity index (χ1) is 11.7. The third kappa shape index (κ3) is 5.44. The third-order valence-electron chi connectivity index (χ3n) is 3.79. The monoisotopic (exact) mass is 350 g/mol. The van der Waals surface area contributed by atoms with Crippen LogP contribution >= 0.6 is 0 Å². The van der Waals surface area contributed by atoms with E-state index in [2.05, 4.69) is 0 Å². The van der Waals surface area contributed by atoms with Gasteiger partial charge in [0.15, 0.2) is 0 Å². The van der Waals surface area contributed by atoms with Gasteiger partial charge in [0.25, 0.3) is 0 Å². The predicted octanol–water partition coefficient (Wildman–Crippen LogP) is 2.06. The Labute approximate surface area is 148 Å². The number of piperazine rings is 1. The molecule has 2 atom stereocenters. The summed E-state index contributed by atoms with van der Waals surface area (Å²) >= 11 is 0. The molecule has 1 aromatic rings. The molecule has 0 radical (unpaired) electrons. The molecule has 1 fully saturated rings. The van der Waals surface area contributed by atoms with Crippen molar-refractivity contribution in [2.75, 3.05) is 19.6 Å². The number of carbonyl (C=O) groups is 2. The molecule has 138 valence electrons. The molecule has 1 heterocycles. The summed E-state index contributed by atoms with van der Waals surface area (Å²) in [5.41, 5.74) is -0.157. The van der Waals surface area contributed by atoms with Crippen molar-refractivity contribution in [2.45, 2.75) is 45.4 Å². The van der Waals surface area contributed by atoms with Gasteiger partial charge < -0.3 is 19.6 Å². The van der Waals surface area contributed by atoms with Crippen LogP contribution in [-0.2, 0) is 9.57 Å². The van der Waals surface area contributed by atoms with Gasteiger partial charge in [-0.2, -0.15) is 0 Å². The first-order valence-corrected chi connectivity index (χ1v) is 8.37. The minimum Gasteiger partial charge on any atom is -0.444 e. The van der Waals surface area contributed by atoms with Crippen LogP contribution in [-0.4, -0.2) is 64.5 Å². The quantitative estimate of drug-likeness (QED) is 0.899. The van der Waals surface area contributed by atoms with E-state index in [9.17, 15) is 14.7 Å². The van der Waals surface area contributed by atoms with Crippen molar-refractivity contribution in [3.63, 3.8) is 0 Å². The van der Waals surface area contributed by atoms with Gasteiger partial charge >= 0.3 is 12.1 Å². The molecule has 0 aliphatic carbocycles. The average Bonchev–Trinajstić information content (AvgIpc) is 2.54. The number of benzene rings is 1. The number of amides is 1. The van der Waals surface area contributed by atoms with Crippen LogP contribution < -0.4 is 0 Å². The largest absolute Gasteiger partial charge is 0.444 e. The van der Waals surface area contributed by atoms with Gasteiger partial charge in [-0.15, -0.1) is 5.06 Å². The highest BCUT2D eigenvalue weighted by atomic mass is 16.7. The van der Waals surface area contributed by atoms with Crippen molar-refractivity contribution in [2.24, 2.45) is 0 Å². The van der Waals surface area contributed by atoms with Crippen LogP contribution in [0.15, 0.2) is 30.3 Å². The zero-order chi connectivity index (χ0) is 18.6. The maximum absolute atomic E-state index is 12.2. The van der Waals surface area contributed by atoms with Crippen molar-refractivity contribution in [1.82, 2.24) is 9.96 Å². The van der Waals surface area contributed by atoms with E-state index in [1.165, 1.54) is 9.96 Å². The molecule has 1 amide bonds. The molecule has 1 N–H and O–H groups in total. The Kier molecular flexibility index (Phi) is 6.02. The number of carbonyl (C=O) groups excluding carboxylic acids is 2. The normalized spacial score (nSPS) is 20.0. The molecular weight excluding hydrogens is 324 g/mol. The molecule has 1 aliphatic heterocycles. The zero-order valence-corrected chi connectivity index (χ0v) is 15.1. The topological polar surface area (TPSA) is 79.3 Å². The number of aliphatic hydroxyl groups excluding tert-OH is 1. The van der Waals surface area contributed by atoms with Gasteiger partial charge in [0.2, 0.25) is 0 Å². The molecule has 1 unspecified atom stereocenters. The van der Waals surface area contributed by atoms with Gasteiger partial charge in [-0.1, -0.05) is 18.2 Å². The van der Waals surface area contributed by atoms with E-state index < -0.39 is 29.8 Å². The van der Waals surface area contributed by atoms with Gasteiger partial charge in [0.1, 0.15) is 5.60 Å². The molecule has 7 heteroatoms. The Morgan fingerprint density at radius 1 is 1.20 bits per heavy atom. The number of hydrogen-bond donors (Lipinski definition) is 1. The second kappa shape index (κ2) is 7.84. The fraction of sp³-hybridized carbons (Fsp3) is 0.556. The maximum atomic E-state index is 12.2. The number of hydrogen-bond acceptors (Lipinski definition) is 6. The summed E-state index contributed by atoms with van der Waals surface area (Å²) in [4.78, 5) is 31.4. The molecule has 2 rings (SSSR count). The highest BCUT2D eigenvalue weighted by Crippen LogP contribution is 2.18. The first kappa shape index (κ1) is 19.2. The van der Waals surface area contributed by atoms with Gasteiger partial charge in [-0.25, -0.2) is 9.59 Å². The smallest absolute Gasteiger partial charge is 0.410 e. The Balaban J connectivity index is 2.02. The van der Waals surface area contributed by atoms with Gasteiger partial charge in [0, 0.05) is 13.1 Å². The number of ether oxygens (including phenoxy) is 1. The van der Waals surface area contributed by atoms with E-state index in [1.54, 1.807) is 52.0 Å². The minimum atomic E-state index is -0.784. The van der Waals surface area contributed by atoms with Gasteiger partial charge in [0.05, 0.1) is 24.3 Å². The Hall–Kier alpha value is -2.12. The molecule has 1 aliphatic rings. The summed E-state index contributed by atoms with van der Waals surface area (Å²) in [5.74, 6) is -0.489. The summed E-state index contributed by atoms with van der Waals surface area (Å²) in [6, 6.07) is 8.13. The van der Waals surface area contributed by atoms with Crippen LogP contribution in [0.3, 0.4) is 0 Å². The SMILES string of the molecule is CC(O)[C@H]1CN(C(=O)OC(C)(C)C)CCN1OC(=O)c1ccccc1. The fourth-order valence-electron chi connectivity index (χ4n) is 2.53. The number of hydroxylamine groups is 2. The van der Waals surface area contributed by atoms with Crippen molar-refractivity contribution in [1.29, 1.82) is 0 Å². The van der Waals surface area contributed by atoms with Crippen LogP contribution in [0.1, 0.15) is 38.1 Å². The highest BCUT2D eigenvalue weighted by Gasteiger charge is 2.36. The van der Waals surface area contributed by atoms with Crippen LogP contribution in [0.5, 0.6) is 0 Å². The van der Waals surface area contributed by atoms with E-state index in [4.69, 9.17) is 9.57 Å². The Bertz CT molecular complexity index is 597. The summed E-state index contributed by atoms with van der Waals surface area (Å²) in [7, 11) is 0. The molecule has 1 saturated heterocycles. The first-order valence-electron chi connectivity index (χ1n) is 8.37. The fourth-order valence-corrected chi connectivity index (χ4v) is 2.53. The lowest BCUT2D eigenvalue weighted by atomic mass is 10.1. The van der Waals surface area contributed by atoms with E-state index in [1.807, 2.05) is 6.07 Å². The van der Waals surface area contributed by atoms with Crippen LogP contribution in [0.4, 0.5) is 4.79 Å². The standard InChI is InChI=1S/C18H26N2O5/c1-13(21)15-12-19(17(23)24-18(2,3)4)10-11-20(15)25-16(22)14-8-6-5-7-9-14/h5-9,13,15,21H,10-12H2,1-4H3/t13?,15-/m1/s1. The molecule has 0 aromatic heterocycles. The Morgan fingerprint density at radius 2 is 1.84 bits per heavy atom. The molecule has 0 bridgehead atoms. The van der Waals surface area contributed by atoms with Gasteiger partial charge in [-0.3, -0.25) is 0 Å². The molecule has 1 aromatic carbocycles. The minimum absolute atomic E-state index is 0.217. The highest BCUT2D eigenvalue weighted by molar-refractivity contribution is 5.89. The lowest BCUT2D eigenvalue weighted by Crippen LogP contribution is -2.59. The van der Waals surface area contributed by atoms with Crippen LogP contribution in [0, 0.1) is 0 Å². The van der Waals surface area contributed by atoms with E-state index in [0.717, 1.165) is 0 Å². The number of nitrogens with zero attached hydrogens (tertiary/aromatic N) is 2. The summed E-state index contributed by atoms with van der Waals surface area (Å²) in [5, 5.41) is 11.5. The second-order valence-corrected chi connectivity index (χ2v) is 7.12. The number of aliphatic hydroxyl groups is 1. The second-order valence-electron chi connectivity index (χ2n) is 7.12. The molecule has 7 nitrogen and oxygen atoms in total. The van der Waals surface area contributed by atoms with Crippen LogP contribution in [0.25, 0.3) is 0 Å². The third-order valence-corrected chi connectivity index (χ3v) is 3.79. The van der Waals surface area contributed by atoms with E-state index in [-0.39, 0.29) is 6.54 Å². The molecule has 25 heavy (non-hydrogen) atoms. The van der Waals surface area contributed by atoms with Crippen molar-refractivity contribution < 1.29 is 24.3 Å². The van der Waals surface area contributed by atoms with Gasteiger partial charge in [-0.05, 0) is 39.8 Å². The average molecular weight is 350 g/mol. The van der Waals surface area contributed by atoms with Crippen molar-refractivity contribution >= 4 is 12.1 Å². The van der Waals surface area contributed by atoms with Crippen molar-refractivity contribution in [3.8, 4) is 0 Å². The lowest BCUT2D eigenvalue weighted by Gasteiger charge is -2.41. The van der Waals surface area contributed by atoms with E-state index in [0.29, 0.717) is 18.7 Å². The predicted molar refractivity (Wildman–Crippen MR) is 91.8 cm³/mol. The molecule has 0 spiro atoms. The summed E-state index contributed by atoms with van der Waals surface area (Å²) in [6.07, 6.45) is -1.22. The van der Waals surface area contributed by atoms with Crippen molar-refractivity contribution in [3.05, 3.63) is 35.9 Å². The molecule has 0 saturated carbocycles. The summed E-state index contributed by atoms with van der Waals surface area (Å²) in [6.45, 7) is 7.87. The van der Waals surface area contributed by atoms with E-state index >= 15 is 0 Å². The maximum Gasteiger partial charge on any atom is 0.410 e. The van der Waals surface area contributed by atoms with Crippen LogP contribution in [0.2, 0.25) is 0 Å². The zero-order valence-electron chi connectivity index (χ0n) is 15.1. The Morgan fingerprint density at radius 3 is 2.40 bits per heavy atom. The molecular formula is C18H26N2O5. The summed E-state index contributed by atoms with van der Waals surface area (Å²) < 4.78 is 5.37. The number of rotatable bonds is 3. The lowest BCUT2D eigenvalue weighted by molar-refractivity contribution is -0.180.